The maximum atomic E-state index is 11.2. The van der Waals surface area contributed by atoms with E-state index in [0.29, 0.717) is 12.2 Å². The van der Waals surface area contributed by atoms with E-state index in [0.717, 1.165) is 18.4 Å². The molecule has 1 aliphatic rings. The summed E-state index contributed by atoms with van der Waals surface area (Å²) < 4.78 is 5.55. The summed E-state index contributed by atoms with van der Waals surface area (Å²) in [6, 6.07) is 0. The highest BCUT2D eigenvalue weighted by molar-refractivity contribution is 5.89. The van der Waals surface area contributed by atoms with Crippen molar-refractivity contribution in [2.24, 2.45) is 5.41 Å². The Hall–Kier alpha value is -0.830. The van der Waals surface area contributed by atoms with E-state index in [-0.39, 0.29) is 11.5 Å². The van der Waals surface area contributed by atoms with Crippen LogP contribution < -0.4 is 0 Å². The number of carboxylic acids is 1. The van der Waals surface area contributed by atoms with Gasteiger partial charge in [0.1, 0.15) is 0 Å². The summed E-state index contributed by atoms with van der Waals surface area (Å²) >= 11 is 0. The van der Waals surface area contributed by atoms with Crippen molar-refractivity contribution in [3.05, 3.63) is 11.1 Å². The number of hydrogen-bond donors (Lipinski definition) is 1. The van der Waals surface area contributed by atoms with Gasteiger partial charge < -0.3 is 9.84 Å². The Morgan fingerprint density at radius 2 is 2.20 bits per heavy atom. The van der Waals surface area contributed by atoms with Crippen molar-refractivity contribution in [1.29, 1.82) is 0 Å². The molecule has 0 saturated heterocycles. The van der Waals surface area contributed by atoms with Crippen molar-refractivity contribution in [1.82, 2.24) is 0 Å². The van der Waals surface area contributed by atoms with E-state index in [1.54, 1.807) is 0 Å². The summed E-state index contributed by atoms with van der Waals surface area (Å²) in [6.07, 6.45) is 1.79. The van der Waals surface area contributed by atoms with Crippen LogP contribution in [0.25, 0.3) is 0 Å². The van der Waals surface area contributed by atoms with E-state index < -0.39 is 5.97 Å². The lowest BCUT2D eigenvalue weighted by atomic mass is 9.72. The third-order valence-electron chi connectivity index (χ3n) is 3.17. The molecule has 0 aromatic rings. The SMILES string of the molecule is CCOC1CCC(C)(C)C(C(=O)O)=C1C. The van der Waals surface area contributed by atoms with Gasteiger partial charge in [0.05, 0.1) is 6.10 Å². The molecule has 0 aliphatic heterocycles. The first kappa shape index (κ1) is 12.2. The predicted molar refractivity (Wildman–Crippen MR) is 58.8 cm³/mol. The zero-order chi connectivity index (χ0) is 11.6. The van der Waals surface area contributed by atoms with Crippen LogP contribution in [0.5, 0.6) is 0 Å². The molecule has 86 valence electrons. The predicted octanol–water partition coefficient (Wildman–Crippen LogP) is 2.61. The van der Waals surface area contributed by atoms with Gasteiger partial charge in [-0.1, -0.05) is 13.8 Å². The lowest BCUT2D eigenvalue weighted by Gasteiger charge is -2.36. The van der Waals surface area contributed by atoms with Crippen LogP contribution in [0, 0.1) is 5.41 Å². The number of hydrogen-bond acceptors (Lipinski definition) is 2. The molecule has 1 rings (SSSR count). The molecule has 15 heavy (non-hydrogen) atoms. The number of aliphatic carboxylic acids is 1. The van der Waals surface area contributed by atoms with Crippen molar-refractivity contribution in [2.45, 2.75) is 46.6 Å². The first-order valence-electron chi connectivity index (χ1n) is 5.46. The van der Waals surface area contributed by atoms with Gasteiger partial charge in [-0.25, -0.2) is 4.79 Å². The van der Waals surface area contributed by atoms with E-state index in [9.17, 15) is 9.90 Å². The second-order valence-corrected chi connectivity index (χ2v) is 4.73. The third-order valence-corrected chi connectivity index (χ3v) is 3.17. The van der Waals surface area contributed by atoms with E-state index in [4.69, 9.17) is 4.74 Å². The van der Waals surface area contributed by atoms with Gasteiger partial charge in [-0.3, -0.25) is 0 Å². The molecule has 0 aromatic heterocycles. The summed E-state index contributed by atoms with van der Waals surface area (Å²) in [5.74, 6) is -0.804. The average Bonchev–Trinajstić information content (AvgIpc) is 2.09. The van der Waals surface area contributed by atoms with Crippen LogP contribution in [0.15, 0.2) is 11.1 Å². The molecule has 3 nitrogen and oxygen atoms in total. The molecular weight excluding hydrogens is 192 g/mol. The average molecular weight is 212 g/mol. The van der Waals surface area contributed by atoms with E-state index in [2.05, 4.69) is 0 Å². The molecule has 0 saturated carbocycles. The lowest BCUT2D eigenvalue weighted by Crippen LogP contribution is -2.33. The van der Waals surface area contributed by atoms with Crippen molar-refractivity contribution in [3.8, 4) is 0 Å². The smallest absolute Gasteiger partial charge is 0.332 e. The summed E-state index contributed by atoms with van der Waals surface area (Å²) in [7, 11) is 0. The van der Waals surface area contributed by atoms with Gasteiger partial charge in [0.2, 0.25) is 0 Å². The molecule has 0 amide bonds. The largest absolute Gasteiger partial charge is 0.478 e. The first-order valence-corrected chi connectivity index (χ1v) is 5.46. The van der Waals surface area contributed by atoms with Gasteiger partial charge in [0.15, 0.2) is 0 Å². The zero-order valence-electron chi connectivity index (χ0n) is 9.96. The fraction of sp³-hybridized carbons (Fsp3) is 0.750. The van der Waals surface area contributed by atoms with Gasteiger partial charge in [-0.05, 0) is 37.7 Å². The molecule has 1 N–H and O–H groups in total. The summed E-state index contributed by atoms with van der Waals surface area (Å²) in [5, 5.41) is 9.22. The fourth-order valence-electron chi connectivity index (χ4n) is 2.40. The molecule has 0 spiro atoms. The van der Waals surface area contributed by atoms with Crippen LogP contribution in [-0.2, 0) is 9.53 Å². The van der Waals surface area contributed by atoms with Gasteiger partial charge in [0, 0.05) is 12.2 Å². The Morgan fingerprint density at radius 1 is 1.60 bits per heavy atom. The van der Waals surface area contributed by atoms with Crippen LogP contribution in [0.4, 0.5) is 0 Å². The van der Waals surface area contributed by atoms with Crippen LogP contribution >= 0.6 is 0 Å². The van der Waals surface area contributed by atoms with Crippen molar-refractivity contribution < 1.29 is 14.6 Å². The Balaban J connectivity index is 3.07. The molecule has 1 atom stereocenters. The van der Waals surface area contributed by atoms with E-state index >= 15 is 0 Å². The molecule has 0 heterocycles. The Morgan fingerprint density at radius 3 is 2.67 bits per heavy atom. The van der Waals surface area contributed by atoms with Gasteiger partial charge in [-0.15, -0.1) is 0 Å². The topological polar surface area (TPSA) is 46.5 Å². The van der Waals surface area contributed by atoms with E-state index in [1.165, 1.54) is 0 Å². The Labute approximate surface area is 91.1 Å². The Kier molecular flexibility index (Phi) is 3.55. The highest BCUT2D eigenvalue weighted by Gasteiger charge is 2.37. The number of ether oxygens (including phenoxy) is 1. The second kappa shape index (κ2) is 4.35. The van der Waals surface area contributed by atoms with Crippen LogP contribution in [-0.4, -0.2) is 23.8 Å². The number of rotatable bonds is 3. The Bertz CT molecular complexity index is 289. The van der Waals surface area contributed by atoms with Gasteiger partial charge in [0.25, 0.3) is 0 Å². The molecule has 0 radical (unpaired) electrons. The van der Waals surface area contributed by atoms with E-state index in [1.807, 2.05) is 27.7 Å². The molecule has 0 bridgehead atoms. The highest BCUT2D eigenvalue weighted by Crippen LogP contribution is 2.41. The maximum absolute atomic E-state index is 11.2. The lowest BCUT2D eigenvalue weighted by molar-refractivity contribution is -0.134. The molecule has 1 unspecified atom stereocenters. The highest BCUT2D eigenvalue weighted by atomic mass is 16.5. The molecule has 1 aliphatic carbocycles. The standard InChI is InChI=1S/C12H20O3/c1-5-15-9-6-7-12(3,4)10(8(9)2)11(13)14/h9H,5-7H2,1-4H3,(H,13,14). The molecule has 3 heteroatoms. The first-order chi connectivity index (χ1) is 6.90. The molecular formula is C12H20O3. The van der Waals surface area contributed by atoms with Crippen molar-refractivity contribution in [3.63, 3.8) is 0 Å². The zero-order valence-corrected chi connectivity index (χ0v) is 9.96. The normalized spacial score (nSPS) is 25.5. The minimum atomic E-state index is -0.804. The monoisotopic (exact) mass is 212 g/mol. The quantitative estimate of drug-likeness (QED) is 0.782. The number of carboxylic acid groups (broad SMARTS) is 1. The summed E-state index contributed by atoms with van der Waals surface area (Å²) in [5.41, 5.74) is 1.19. The fourth-order valence-corrected chi connectivity index (χ4v) is 2.40. The van der Waals surface area contributed by atoms with Gasteiger partial charge >= 0.3 is 5.97 Å². The molecule has 0 fully saturated rings. The van der Waals surface area contributed by atoms with Crippen LogP contribution in [0.3, 0.4) is 0 Å². The van der Waals surface area contributed by atoms with Gasteiger partial charge in [-0.2, -0.15) is 0 Å². The van der Waals surface area contributed by atoms with Crippen molar-refractivity contribution in [2.75, 3.05) is 6.61 Å². The summed E-state index contributed by atoms with van der Waals surface area (Å²) in [6.45, 7) is 8.43. The molecule has 0 aromatic carbocycles. The third kappa shape index (κ3) is 2.40. The van der Waals surface area contributed by atoms with Crippen LogP contribution in [0.1, 0.15) is 40.5 Å². The van der Waals surface area contributed by atoms with Crippen molar-refractivity contribution >= 4 is 5.97 Å². The number of carbonyl (C=O) groups is 1. The van der Waals surface area contributed by atoms with Crippen LogP contribution in [0.2, 0.25) is 0 Å². The second-order valence-electron chi connectivity index (χ2n) is 4.73. The minimum Gasteiger partial charge on any atom is -0.478 e. The maximum Gasteiger partial charge on any atom is 0.332 e. The minimum absolute atomic E-state index is 0.00544. The summed E-state index contributed by atoms with van der Waals surface area (Å²) in [4.78, 5) is 11.2.